The van der Waals surface area contributed by atoms with Crippen molar-refractivity contribution in [2.24, 2.45) is 0 Å². The number of carbonyl (C=O) groups is 3. The van der Waals surface area contributed by atoms with Crippen LogP contribution in [0.1, 0.15) is 380 Å². The molecule has 0 heterocycles. The van der Waals surface area contributed by atoms with Gasteiger partial charge in [0.1, 0.15) is 25.4 Å². The quantitative estimate of drug-likeness (QED) is 0.0146. The molecule has 5 unspecified atom stereocenters. The average molecular weight is 1680 g/mol. The van der Waals surface area contributed by atoms with Crippen LogP contribution in [0, 0.1) is 0 Å². The topological polar surface area (TPSA) is 231 Å². The molecule has 0 rings (SSSR count). The van der Waals surface area contributed by atoms with Gasteiger partial charge < -0.3 is 34.2 Å². The predicted octanol–water partition coefficient (Wildman–Crippen LogP) is 28.7. The second-order valence-electron chi connectivity index (χ2n) is 30.7. The number of phosphoric ester groups is 2. The van der Waals surface area contributed by atoms with Crippen LogP contribution in [0.25, 0.3) is 0 Å². The first-order valence-corrected chi connectivity index (χ1v) is 49.4. The molecule has 0 aromatic rings. The number of rotatable bonds is 87. The maximum absolute atomic E-state index is 13.1. The van der Waals surface area contributed by atoms with Gasteiger partial charge in [0.15, 0.2) is 6.10 Å². The Hall–Kier alpha value is -5.09. The van der Waals surface area contributed by atoms with Crippen molar-refractivity contribution in [3.63, 3.8) is 0 Å². The zero-order chi connectivity index (χ0) is 85.1. The van der Waals surface area contributed by atoms with Gasteiger partial charge in [-0.15, -0.1) is 0 Å². The molecule has 0 saturated carbocycles. The summed E-state index contributed by atoms with van der Waals surface area (Å²) in [7, 11) is -9.82. The highest BCUT2D eigenvalue weighted by molar-refractivity contribution is 7.47. The van der Waals surface area contributed by atoms with Gasteiger partial charge in [0.2, 0.25) is 0 Å². The van der Waals surface area contributed by atoms with E-state index in [2.05, 4.69) is 191 Å². The van der Waals surface area contributed by atoms with E-state index in [0.717, 1.165) is 173 Å². The van der Waals surface area contributed by atoms with Crippen molar-refractivity contribution in [3.8, 4) is 0 Å². The van der Waals surface area contributed by atoms with Crippen molar-refractivity contribution in [1.82, 2.24) is 0 Å². The van der Waals surface area contributed by atoms with Crippen LogP contribution >= 0.6 is 15.6 Å². The van der Waals surface area contributed by atoms with Gasteiger partial charge in [-0.25, -0.2) is 9.13 Å². The molecule has 0 aromatic carbocycles. The molecule has 0 amide bonds. The van der Waals surface area contributed by atoms with Crippen molar-refractivity contribution in [3.05, 3.63) is 170 Å². The summed E-state index contributed by atoms with van der Waals surface area (Å²) in [4.78, 5) is 59.0. The van der Waals surface area contributed by atoms with Gasteiger partial charge in [-0.1, -0.05) is 377 Å². The van der Waals surface area contributed by atoms with E-state index in [9.17, 15) is 43.5 Å². The molecule has 18 heteroatoms. The van der Waals surface area contributed by atoms with Gasteiger partial charge in [-0.05, 0) is 154 Å². The van der Waals surface area contributed by atoms with E-state index in [1.54, 1.807) is 0 Å². The largest absolute Gasteiger partial charge is 0.472 e. The van der Waals surface area contributed by atoms with Crippen molar-refractivity contribution < 1.29 is 75.8 Å². The first-order chi connectivity index (χ1) is 57.2. The lowest BCUT2D eigenvalue weighted by molar-refractivity contribution is -0.161. The number of hydrogen-bond acceptors (Lipinski definition) is 14. The van der Waals surface area contributed by atoms with E-state index >= 15 is 0 Å². The summed E-state index contributed by atoms with van der Waals surface area (Å²) in [6.07, 6.45) is 117. The molecular formula is C99H168O16P2. The predicted molar refractivity (Wildman–Crippen MR) is 491 cm³/mol. The minimum absolute atomic E-state index is 0.0828. The average Bonchev–Trinajstić information content (AvgIpc) is 0.899. The lowest BCUT2D eigenvalue weighted by atomic mass is 10.0. The van der Waals surface area contributed by atoms with Gasteiger partial charge >= 0.3 is 33.6 Å². The van der Waals surface area contributed by atoms with Gasteiger partial charge in [0.05, 0.1) is 26.4 Å². The van der Waals surface area contributed by atoms with Crippen molar-refractivity contribution in [1.29, 1.82) is 0 Å². The summed E-state index contributed by atoms with van der Waals surface area (Å²) in [5.74, 6) is -1.59. The Balaban J connectivity index is 4.55. The number of hydrogen-bond donors (Lipinski definition) is 4. The molecule has 0 aliphatic carbocycles. The number of unbranched alkanes of at least 4 members (excludes halogenated alkanes) is 36. The molecule has 0 fully saturated rings. The fourth-order valence-corrected chi connectivity index (χ4v) is 14.0. The lowest BCUT2D eigenvalue weighted by Gasteiger charge is -2.21. The number of ether oxygens (including phenoxy) is 3. The van der Waals surface area contributed by atoms with E-state index in [1.165, 1.54) is 148 Å². The highest BCUT2D eigenvalue weighted by atomic mass is 31.2. The van der Waals surface area contributed by atoms with Crippen LogP contribution in [-0.4, -0.2) is 95.9 Å². The Morgan fingerprint density at radius 3 is 0.718 bits per heavy atom. The fraction of sp³-hybridized carbons (Fsp3) is 0.687. The molecular weight excluding hydrogens is 1510 g/mol. The van der Waals surface area contributed by atoms with E-state index < -0.39 is 91.5 Å². The van der Waals surface area contributed by atoms with Gasteiger partial charge in [-0.3, -0.25) is 32.5 Å². The molecule has 0 bridgehead atoms. The number of esters is 3. The lowest BCUT2D eigenvalue weighted by Crippen LogP contribution is -2.30. The second kappa shape index (κ2) is 90.2. The highest BCUT2D eigenvalue weighted by Crippen LogP contribution is 2.45. The van der Waals surface area contributed by atoms with Gasteiger partial charge in [0, 0.05) is 19.3 Å². The molecule has 0 spiro atoms. The van der Waals surface area contributed by atoms with E-state index in [4.69, 9.17) is 32.3 Å². The molecule has 16 nitrogen and oxygen atoms in total. The smallest absolute Gasteiger partial charge is 0.463 e. The third kappa shape index (κ3) is 91.5. The number of carbonyl (C=O) groups excluding carboxylic acids is 3. The summed E-state index contributed by atoms with van der Waals surface area (Å²) >= 11 is 0. The van der Waals surface area contributed by atoms with E-state index in [-0.39, 0.29) is 19.3 Å². The normalized spacial score (nSPS) is 14.6. The van der Waals surface area contributed by atoms with Crippen molar-refractivity contribution >= 4 is 33.6 Å². The number of phosphoric acid groups is 2. The van der Waals surface area contributed by atoms with Crippen molar-refractivity contribution in [2.45, 2.75) is 399 Å². The maximum atomic E-state index is 13.1. The third-order valence-corrected chi connectivity index (χ3v) is 21.3. The molecule has 117 heavy (non-hydrogen) atoms. The standard InChI is InChI=1S/C99H168O16P2/c1-4-7-10-13-16-19-22-25-28-31-34-36-38-40-42-44-45-46-47-49-51-52-54-56-59-61-64-67-70-73-76-79-82-85-97(102)109-88-94(100)89-111-116(105,106)112-90-95(101)91-113-117(107,108)114-93-96(115-99(104)87-84-81-78-75-72-69-66-63-58-33-30-27-24-21-18-15-12-9-6-3)92-110-98(103)86-83-80-77-74-71-68-65-62-60-57-55-53-50-48-43-41-39-37-35-32-29-26-23-20-17-14-11-8-5-2/h8-9,11-12,16-21,25-30,34-37,40-43,50,53,58,63,94-96,100-101H,4-7,10,13-15,22-24,31-33,38-39,44-49,51-52,54-57,59-62,64-93H2,1-3H3,(H,105,106)(H,107,108)/b11-8-,12-9-,19-16-,20-17-,21-18-,28-25-,29-26-,30-27-,36-34-,37-35-,42-40-,43-41-,53-50-,63-58-. The second-order valence-corrected chi connectivity index (χ2v) is 33.6. The summed E-state index contributed by atoms with van der Waals surface area (Å²) in [6, 6.07) is 0. The Morgan fingerprint density at radius 2 is 0.453 bits per heavy atom. The molecule has 0 saturated heterocycles. The zero-order valence-corrected chi connectivity index (χ0v) is 75.6. The minimum Gasteiger partial charge on any atom is -0.463 e. The van der Waals surface area contributed by atoms with Gasteiger partial charge in [-0.2, -0.15) is 0 Å². The minimum atomic E-state index is -4.95. The number of aliphatic hydroxyl groups is 2. The molecule has 0 aliphatic rings. The highest BCUT2D eigenvalue weighted by Gasteiger charge is 2.29. The van der Waals surface area contributed by atoms with E-state index in [1.807, 2.05) is 0 Å². The van der Waals surface area contributed by atoms with Crippen LogP contribution < -0.4 is 0 Å². The Kier molecular flexibility index (Phi) is 86.2. The first-order valence-electron chi connectivity index (χ1n) is 46.4. The molecule has 0 radical (unpaired) electrons. The molecule has 0 aliphatic heterocycles. The molecule has 4 N–H and O–H groups in total. The summed E-state index contributed by atoms with van der Waals surface area (Å²) in [5.41, 5.74) is 0. The Morgan fingerprint density at radius 1 is 0.248 bits per heavy atom. The summed E-state index contributed by atoms with van der Waals surface area (Å²) < 4.78 is 61.5. The van der Waals surface area contributed by atoms with E-state index in [0.29, 0.717) is 19.3 Å². The maximum Gasteiger partial charge on any atom is 0.472 e. The third-order valence-electron chi connectivity index (χ3n) is 19.4. The van der Waals surface area contributed by atoms with Gasteiger partial charge in [0.25, 0.3) is 0 Å². The molecule has 670 valence electrons. The first kappa shape index (κ1) is 112. The summed E-state index contributed by atoms with van der Waals surface area (Å²) in [5, 5.41) is 20.7. The SMILES string of the molecule is CC/C=C\C/C=C\C/C=C\C/C=C\C/C=C\C/C=C\CCCCCCCCCCCCC(=O)OCC(COP(=O)(O)OCC(O)COP(=O)(O)OCC(O)COC(=O)CCCCCCCCCCCCCCCCCCC/C=C\C/C=C\C/C=C\C/C=C\CCCCC)OC(=O)CCCCCCCC/C=C\C/C=C\C/C=C\C/C=C\CC. The van der Waals surface area contributed by atoms with Crippen LogP contribution in [-0.2, 0) is 55.8 Å². The zero-order valence-electron chi connectivity index (χ0n) is 73.8. The van der Waals surface area contributed by atoms with Crippen LogP contribution in [0.5, 0.6) is 0 Å². The number of aliphatic hydroxyl groups excluding tert-OH is 2. The fourth-order valence-electron chi connectivity index (χ4n) is 12.4. The Bertz CT molecular complexity index is 2810. The van der Waals surface area contributed by atoms with Crippen LogP contribution in [0.15, 0.2) is 170 Å². The molecule has 5 atom stereocenters. The van der Waals surface area contributed by atoms with Crippen LogP contribution in [0.2, 0.25) is 0 Å². The number of allylic oxidation sites excluding steroid dienone is 28. The molecule has 0 aromatic heterocycles. The Labute approximate surface area is 713 Å². The van der Waals surface area contributed by atoms with Crippen LogP contribution in [0.4, 0.5) is 0 Å². The monoisotopic (exact) mass is 1680 g/mol. The van der Waals surface area contributed by atoms with Crippen LogP contribution in [0.3, 0.4) is 0 Å². The summed E-state index contributed by atoms with van der Waals surface area (Å²) in [6.45, 7) is 2.44. The van der Waals surface area contributed by atoms with Crippen molar-refractivity contribution in [2.75, 3.05) is 39.6 Å².